The molecule has 106 valence electrons. The molecule has 0 aromatic heterocycles. The van der Waals surface area contributed by atoms with Crippen LogP contribution in [-0.2, 0) is 6.18 Å². The molecule has 0 saturated carbocycles. The maximum atomic E-state index is 12.7. The van der Waals surface area contributed by atoms with E-state index in [4.69, 9.17) is 0 Å². The quantitative estimate of drug-likeness (QED) is 0.744. The van der Waals surface area contributed by atoms with Gasteiger partial charge in [-0.25, -0.2) is 0 Å². The van der Waals surface area contributed by atoms with Crippen LogP contribution in [0.4, 0.5) is 13.2 Å². The van der Waals surface area contributed by atoms with Crippen molar-refractivity contribution < 1.29 is 18.0 Å². The standard InChI is InChI=1S/C12H12Br2F3NO/c1-7(13)4-5-18-11(19)8-2-3-10(14)9(6-8)12(15,16)17/h2-3,6-7H,4-5H2,1H3,(H,18,19). The van der Waals surface area contributed by atoms with Gasteiger partial charge < -0.3 is 5.32 Å². The molecule has 1 aromatic rings. The average Bonchev–Trinajstić information content (AvgIpc) is 2.27. The third kappa shape index (κ3) is 5.14. The summed E-state index contributed by atoms with van der Waals surface area (Å²) in [5, 5.41) is 2.58. The van der Waals surface area contributed by atoms with E-state index in [2.05, 4.69) is 37.2 Å². The molecular weight excluding hydrogens is 391 g/mol. The van der Waals surface area contributed by atoms with Crippen LogP contribution < -0.4 is 5.32 Å². The molecule has 0 aliphatic rings. The van der Waals surface area contributed by atoms with E-state index in [0.717, 1.165) is 6.07 Å². The lowest BCUT2D eigenvalue weighted by molar-refractivity contribution is -0.138. The predicted molar refractivity (Wildman–Crippen MR) is 74.5 cm³/mol. The van der Waals surface area contributed by atoms with E-state index in [-0.39, 0.29) is 14.9 Å². The number of amides is 1. The first-order valence-corrected chi connectivity index (χ1v) is 7.21. The fourth-order valence-electron chi connectivity index (χ4n) is 1.37. The van der Waals surface area contributed by atoms with Gasteiger partial charge in [0.1, 0.15) is 0 Å². The molecule has 2 nitrogen and oxygen atoms in total. The zero-order valence-corrected chi connectivity index (χ0v) is 13.2. The van der Waals surface area contributed by atoms with Crippen LogP contribution in [0.1, 0.15) is 29.3 Å². The second kappa shape index (κ2) is 6.74. The molecule has 1 rings (SSSR count). The van der Waals surface area contributed by atoms with E-state index in [9.17, 15) is 18.0 Å². The number of benzene rings is 1. The van der Waals surface area contributed by atoms with Gasteiger partial charge in [-0.15, -0.1) is 0 Å². The van der Waals surface area contributed by atoms with Crippen LogP contribution in [-0.4, -0.2) is 17.3 Å². The van der Waals surface area contributed by atoms with Crippen molar-refractivity contribution in [3.63, 3.8) is 0 Å². The van der Waals surface area contributed by atoms with Gasteiger partial charge >= 0.3 is 6.18 Å². The minimum absolute atomic E-state index is 0.00208. The number of alkyl halides is 4. The molecule has 7 heteroatoms. The Morgan fingerprint density at radius 3 is 2.58 bits per heavy atom. The number of rotatable bonds is 4. The summed E-state index contributed by atoms with van der Waals surface area (Å²) in [5.41, 5.74) is -0.855. The molecule has 0 aliphatic carbocycles. The first kappa shape index (κ1) is 16.5. The Kier molecular flexibility index (Phi) is 5.85. The summed E-state index contributed by atoms with van der Waals surface area (Å²) in [6.45, 7) is 2.33. The van der Waals surface area contributed by atoms with Crippen LogP contribution in [0.15, 0.2) is 22.7 Å². The predicted octanol–water partition coefficient (Wildman–Crippen LogP) is 4.37. The Hall–Kier alpha value is -0.560. The summed E-state index contributed by atoms with van der Waals surface area (Å²) in [6, 6.07) is 3.42. The van der Waals surface area contributed by atoms with Gasteiger partial charge in [-0.2, -0.15) is 13.2 Å². The summed E-state index contributed by atoms with van der Waals surface area (Å²) in [7, 11) is 0. The Labute approximate surface area is 126 Å². The minimum atomic E-state index is -4.49. The van der Waals surface area contributed by atoms with Crippen molar-refractivity contribution in [3.8, 4) is 0 Å². The Balaban J connectivity index is 2.82. The van der Waals surface area contributed by atoms with Gasteiger partial charge in [-0.1, -0.05) is 38.8 Å². The van der Waals surface area contributed by atoms with Crippen LogP contribution in [0.5, 0.6) is 0 Å². The fourth-order valence-corrected chi connectivity index (χ4v) is 2.07. The van der Waals surface area contributed by atoms with Crippen molar-refractivity contribution in [1.29, 1.82) is 0 Å². The van der Waals surface area contributed by atoms with Crippen LogP contribution >= 0.6 is 31.9 Å². The highest BCUT2D eigenvalue weighted by molar-refractivity contribution is 9.10. The number of halogens is 5. The molecule has 0 bridgehead atoms. The van der Waals surface area contributed by atoms with E-state index < -0.39 is 17.6 Å². The van der Waals surface area contributed by atoms with Crippen LogP contribution in [0.25, 0.3) is 0 Å². The maximum absolute atomic E-state index is 12.7. The molecule has 1 unspecified atom stereocenters. The van der Waals surface area contributed by atoms with Gasteiger partial charge in [0.25, 0.3) is 5.91 Å². The molecule has 0 saturated heterocycles. The first-order chi connectivity index (χ1) is 8.71. The van der Waals surface area contributed by atoms with E-state index in [1.54, 1.807) is 0 Å². The summed E-state index contributed by atoms with van der Waals surface area (Å²) < 4.78 is 38.0. The van der Waals surface area contributed by atoms with Crippen molar-refractivity contribution in [2.45, 2.75) is 24.3 Å². The van der Waals surface area contributed by atoms with E-state index in [1.165, 1.54) is 12.1 Å². The highest BCUT2D eigenvalue weighted by Crippen LogP contribution is 2.35. The molecule has 1 N–H and O–H groups in total. The lowest BCUT2D eigenvalue weighted by Crippen LogP contribution is -2.26. The smallest absolute Gasteiger partial charge is 0.352 e. The normalized spacial score (nSPS) is 13.2. The second-order valence-electron chi connectivity index (χ2n) is 4.02. The van der Waals surface area contributed by atoms with Crippen molar-refractivity contribution in [1.82, 2.24) is 5.32 Å². The highest BCUT2D eigenvalue weighted by Gasteiger charge is 2.33. The van der Waals surface area contributed by atoms with Gasteiger partial charge in [0, 0.05) is 21.4 Å². The van der Waals surface area contributed by atoms with E-state index in [0.29, 0.717) is 13.0 Å². The van der Waals surface area contributed by atoms with Gasteiger partial charge in [0.15, 0.2) is 0 Å². The number of hydrogen-bond donors (Lipinski definition) is 1. The van der Waals surface area contributed by atoms with E-state index in [1.807, 2.05) is 6.92 Å². The molecule has 0 radical (unpaired) electrons. The van der Waals surface area contributed by atoms with Crippen molar-refractivity contribution >= 4 is 37.8 Å². The zero-order chi connectivity index (χ0) is 14.6. The van der Waals surface area contributed by atoms with Crippen molar-refractivity contribution in [2.75, 3.05) is 6.54 Å². The molecule has 0 spiro atoms. The maximum Gasteiger partial charge on any atom is 0.417 e. The number of carbonyl (C=O) groups is 1. The molecule has 0 fully saturated rings. The third-order valence-electron chi connectivity index (χ3n) is 2.36. The summed E-state index contributed by atoms with van der Waals surface area (Å²) in [6.07, 6.45) is -3.78. The molecule has 1 atom stereocenters. The minimum Gasteiger partial charge on any atom is -0.352 e. The van der Waals surface area contributed by atoms with Crippen molar-refractivity contribution in [3.05, 3.63) is 33.8 Å². The van der Waals surface area contributed by atoms with Crippen LogP contribution in [0, 0.1) is 0 Å². The molecule has 1 aromatic carbocycles. The fraction of sp³-hybridized carbons (Fsp3) is 0.417. The molecule has 0 aliphatic heterocycles. The molecule has 19 heavy (non-hydrogen) atoms. The lowest BCUT2D eigenvalue weighted by Gasteiger charge is -2.11. The van der Waals surface area contributed by atoms with Gasteiger partial charge in [-0.05, 0) is 24.6 Å². The molecular formula is C12H12Br2F3NO. The van der Waals surface area contributed by atoms with Crippen LogP contribution in [0.2, 0.25) is 0 Å². The number of hydrogen-bond acceptors (Lipinski definition) is 1. The zero-order valence-electron chi connectivity index (χ0n) is 10.0. The summed E-state index contributed by atoms with van der Waals surface area (Å²) in [5.74, 6) is -0.508. The first-order valence-electron chi connectivity index (χ1n) is 5.51. The monoisotopic (exact) mass is 401 g/mol. The Morgan fingerprint density at radius 1 is 1.42 bits per heavy atom. The lowest BCUT2D eigenvalue weighted by atomic mass is 10.1. The molecule has 1 amide bonds. The highest BCUT2D eigenvalue weighted by atomic mass is 79.9. The Morgan fingerprint density at radius 2 is 2.05 bits per heavy atom. The van der Waals surface area contributed by atoms with Gasteiger partial charge in [0.05, 0.1) is 5.56 Å². The van der Waals surface area contributed by atoms with Gasteiger partial charge in [-0.3, -0.25) is 4.79 Å². The summed E-state index contributed by atoms with van der Waals surface area (Å²) >= 11 is 6.15. The van der Waals surface area contributed by atoms with Crippen LogP contribution in [0.3, 0.4) is 0 Å². The largest absolute Gasteiger partial charge is 0.417 e. The third-order valence-corrected chi connectivity index (χ3v) is 3.51. The van der Waals surface area contributed by atoms with E-state index >= 15 is 0 Å². The van der Waals surface area contributed by atoms with Crippen molar-refractivity contribution in [2.24, 2.45) is 0 Å². The van der Waals surface area contributed by atoms with Gasteiger partial charge in [0.2, 0.25) is 0 Å². The topological polar surface area (TPSA) is 29.1 Å². The molecule has 0 heterocycles. The number of nitrogens with one attached hydrogen (secondary N) is 1. The Bertz CT molecular complexity index is 461. The average molecular weight is 403 g/mol. The SMILES string of the molecule is CC(Br)CCNC(=O)c1ccc(Br)c(C(F)(F)F)c1. The number of carbonyl (C=O) groups excluding carboxylic acids is 1. The second-order valence-corrected chi connectivity index (χ2v) is 6.44. The summed E-state index contributed by atoms with van der Waals surface area (Å²) in [4.78, 5) is 11.9.